The third-order valence-corrected chi connectivity index (χ3v) is 5.95. The maximum Gasteiger partial charge on any atom is 0.122 e. The quantitative estimate of drug-likeness (QED) is 0.179. The number of ether oxygens (including phenoxy) is 1. The van der Waals surface area contributed by atoms with Crippen molar-refractivity contribution in [1.29, 1.82) is 0 Å². The Morgan fingerprint density at radius 1 is 0.625 bits per heavy atom. The summed E-state index contributed by atoms with van der Waals surface area (Å²) in [5, 5.41) is 8.83. The van der Waals surface area contributed by atoms with Crippen LogP contribution in [0.1, 0.15) is 102 Å². The van der Waals surface area contributed by atoms with Crippen LogP contribution < -0.4 is 4.74 Å². The van der Waals surface area contributed by atoms with Crippen LogP contribution >= 0.6 is 0 Å². The molecule has 0 bridgehead atoms. The maximum atomic E-state index is 5.96. The van der Waals surface area contributed by atoms with E-state index in [1.807, 2.05) is 18.2 Å². The van der Waals surface area contributed by atoms with Gasteiger partial charge in [0.25, 0.3) is 0 Å². The molecule has 0 amide bonds. The van der Waals surface area contributed by atoms with Gasteiger partial charge in [-0.25, -0.2) is 0 Å². The smallest absolute Gasteiger partial charge is 0.122 e. The molecule has 2 rings (SSSR count). The summed E-state index contributed by atoms with van der Waals surface area (Å²) in [5.41, 5.74) is 4.27. The van der Waals surface area contributed by atoms with E-state index in [0.717, 1.165) is 42.1 Å². The molecule has 0 aliphatic carbocycles. The van der Waals surface area contributed by atoms with Gasteiger partial charge in [0.05, 0.1) is 18.0 Å². The monoisotopic (exact) mass is 436 g/mol. The highest BCUT2D eigenvalue weighted by Crippen LogP contribution is 2.26. The zero-order valence-corrected chi connectivity index (χ0v) is 20.7. The van der Waals surface area contributed by atoms with Crippen molar-refractivity contribution in [3.63, 3.8) is 0 Å². The van der Waals surface area contributed by atoms with Crippen molar-refractivity contribution in [3.8, 4) is 5.75 Å². The largest absolute Gasteiger partial charge is 0.493 e. The van der Waals surface area contributed by atoms with Gasteiger partial charge in [0.1, 0.15) is 5.75 Å². The first-order valence-electron chi connectivity index (χ1n) is 13.0. The van der Waals surface area contributed by atoms with E-state index in [4.69, 9.17) is 4.74 Å². The molecule has 0 aromatic heterocycles. The summed E-state index contributed by atoms with van der Waals surface area (Å²) in [7, 11) is 0. The standard InChI is InChI=1S/C29H44N2O/c1-4-6-8-10-12-14-16-26-17-19-27(20-18-26)30-31-28-21-22-29(25(3)24-28)32-23-15-13-11-9-7-5-2/h17-22,24H,4-16,23H2,1-3H3. The van der Waals surface area contributed by atoms with E-state index in [9.17, 15) is 0 Å². The third-order valence-electron chi connectivity index (χ3n) is 5.95. The van der Waals surface area contributed by atoms with Crippen molar-refractivity contribution in [3.05, 3.63) is 53.6 Å². The second kappa shape index (κ2) is 16.5. The summed E-state index contributed by atoms with van der Waals surface area (Å²) < 4.78 is 5.96. The van der Waals surface area contributed by atoms with Crippen molar-refractivity contribution < 1.29 is 4.74 Å². The number of benzene rings is 2. The number of azo groups is 1. The van der Waals surface area contributed by atoms with Crippen LogP contribution in [0.15, 0.2) is 52.7 Å². The molecule has 176 valence electrons. The van der Waals surface area contributed by atoms with Crippen LogP contribution in [0.2, 0.25) is 0 Å². The lowest BCUT2D eigenvalue weighted by molar-refractivity contribution is 0.302. The molecule has 32 heavy (non-hydrogen) atoms. The fourth-order valence-corrected chi connectivity index (χ4v) is 3.88. The number of hydrogen-bond donors (Lipinski definition) is 0. The Labute approximate surface area is 196 Å². The number of hydrogen-bond acceptors (Lipinski definition) is 3. The molecule has 3 nitrogen and oxygen atoms in total. The molecule has 0 saturated carbocycles. The summed E-state index contributed by atoms with van der Waals surface area (Å²) in [6.07, 6.45) is 16.9. The molecule has 0 aliphatic heterocycles. The Morgan fingerprint density at radius 2 is 1.19 bits per heavy atom. The van der Waals surface area contributed by atoms with E-state index in [1.54, 1.807) is 0 Å². The molecule has 0 saturated heterocycles. The highest BCUT2D eigenvalue weighted by Gasteiger charge is 2.02. The highest BCUT2D eigenvalue weighted by atomic mass is 16.5. The molecule has 0 unspecified atom stereocenters. The van der Waals surface area contributed by atoms with Gasteiger partial charge < -0.3 is 4.74 Å². The van der Waals surface area contributed by atoms with Crippen molar-refractivity contribution >= 4 is 11.4 Å². The Hall–Kier alpha value is -2.16. The van der Waals surface area contributed by atoms with Crippen LogP contribution in [0.3, 0.4) is 0 Å². The summed E-state index contributed by atoms with van der Waals surface area (Å²) >= 11 is 0. The van der Waals surface area contributed by atoms with Crippen molar-refractivity contribution in [2.75, 3.05) is 6.61 Å². The topological polar surface area (TPSA) is 34.0 Å². The molecule has 3 heteroatoms. The average molecular weight is 437 g/mol. The van der Waals surface area contributed by atoms with E-state index < -0.39 is 0 Å². The van der Waals surface area contributed by atoms with Crippen molar-refractivity contribution in [2.45, 2.75) is 104 Å². The minimum Gasteiger partial charge on any atom is -0.493 e. The van der Waals surface area contributed by atoms with Crippen LogP contribution in [0.4, 0.5) is 11.4 Å². The molecule has 0 heterocycles. The fourth-order valence-electron chi connectivity index (χ4n) is 3.88. The molecule has 0 spiro atoms. The minimum absolute atomic E-state index is 0.791. The molecule has 0 atom stereocenters. The van der Waals surface area contributed by atoms with Crippen molar-refractivity contribution in [1.82, 2.24) is 0 Å². The molecule has 0 N–H and O–H groups in total. The average Bonchev–Trinajstić information content (AvgIpc) is 2.81. The Morgan fingerprint density at radius 3 is 1.84 bits per heavy atom. The van der Waals surface area contributed by atoms with Gasteiger partial charge in [-0.05, 0) is 67.6 Å². The number of unbranched alkanes of at least 4 members (excludes halogenated alkanes) is 10. The predicted octanol–water partition coefficient (Wildman–Crippen LogP) is 10.1. The Balaban J connectivity index is 1.72. The van der Waals surface area contributed by atoms with Gasteiger partial charge in [-0.15, -0.1) is 0 Å². The first-order chi connectivity index (χ1) is 15.7. The van der Waals surface area contributed by atoms with Crippen LogP contribution in [-0.2, 0) is 6.42 Å². The zero-order chi connectivity index (χ0) is 22.9. The van der Waals surface area contributed by atoms with E-state index >= 15 is 0 Å². The van der Waals surface area contributed by atoms with Gasteiger partial charge in [0, 0.05) is 0 Å². The van der Waals surface area contributed by atoms with Gasteiger partial charge in [-0.2, -0.15) is 10.2 Å². The molecule has 2 aromatic rings. The number of rotatable bonds is 17. The molecule has 0 radical (unpaired) electrons. The number of nitrogens with zero attached hydrogens (tertiary/aromatic N) is 2. The van der Waals surface area contributed by atoms with Gasteiger partial charge in [0.2, 0.25) is 0 Å². The highest BCUT2D eigenvalue weighted by molar-refractivity contribution is 5.47. The molecular weight excluding hydrogens is 392 g/mol. The van der Waals surface area contributed by atoms with Crippen LogP contribution in [0.25, 0.3) is 0 Å². The van der Waals surface area contributed by atoms with Crippen LogP contribution in [-0.4, -0.2) is 6.61 Å². The van der Waals surface area contributed by atoms with E-state index in [2.05, 4.69) is 55.3 Å². The maximum absolute atomic E-state index is 5.96. The molecule has 0 fully saturated rings. The molecule has 0 aliphatic rings. The van der Waals surface area contributed by atoms with Crippen molar-refractivity contribution in [2.24, 2.45) is 10.2 Å². The normalized spacial score (nSPS) is 11.3. The number of aryl methyl sites for hydroxylation is 2. The lowest BCUT2D eigenvalue weighted by Gasteiger charge is -2.09. The van der Waals surface area contributed by atoms with E-state index in [0.29, 0.717) is 0 Å². The second-order valence-electron chi connectivity index (χ2n) is 8.95. The summed E-state index contributed by atoms with van der Waals surface area (Å²) in [5.74, 6) is 0.955. The van der Waals surface area contributed by atoms with E-state index in [-0.39, 0.29) is 0 Å². The third kappa shape index (κ3) is 10.9. The minimum atomic E-state index is 0.791. The summed E-state index contributed by atoms with van der Waals surface area (Å²) in [6.45, 7) is 7.38. The first kappa shape index (κ1) is 26.1. The van der Waals surface area contributed by atoms with Gasteiger partial charge in [0.15, 0.2) is 0 Å². The van der Waals surface area contributed by atoms with Gasteiger partial charge in [-0.3, -0.25) is 0 Å². The second-order valence-corrected chi connectivity index (χ2v) is 8.95. The Kier molecular flexibility index (Phi) is 13.4. The molecular formula is C29H44N2O. The predicted molar refractivity (Wildman–Crippen MR) is 138 cm³/mol. The van der Waals surface area contributed by atoms with Crippen LogP contribution in [0.5, 0.6) is 5.75 Å². The first-order valence-corrected chi connectivity index (χ1v) is 13.0. The molecule has 2 aromatic carbocycles. The lowest BCUT2D eigenvalue weighted by atomic mass is 10.0. The lowest BCUT2D eigenvalue weighted by Crippen LogP contribution is -1.98. The van der Waals surface area contributed by atoms with Crippen LogP contribution in [0, 0.1) is 6.92 Å². The summed E-state index contributed by atoms with van der Waals surface area (Å²) in [6, 6.07) is 14.6. The zero-order valence-electron chi connectivity index (χ0n) is 20.7. The Bertz CT molecular complexity index is 767. The summed E-state index contributed by atoms with van der Waals surface area (Å²) in [4.78, 5) is 0. The van der Waals surface area contributed by atoms with E-state index in [1.165, 1.54) is 76.2 Å². The fraction of sp³-hybridized carbons (Fsp3) is 0.586. The SMILES string of the molecule is CCCCCCCCOc1ccc(N=Nc2ccc(CCCCCCCC)cc2)cc1C. The van der Waals surface area contributed by atoms with Gasteiger partial charge in [-0.1, -0.05) is 90.2 Å². The van der Waals surface area contributed by atoms with Gasteiger partial charge >= 0.3 is 0 Å².